The zero-order valence-corrected chi connectivity index (χ0v) is 17.1. The number of rotatable bonds is 7. The molecule has 0 fully saturated rings. The van der Waals surface area contributed by atoms with Gasteiger partial charge in [0.1, 0.15) is 0 Å². The SMILES string of the molecule is C=C(CCC(C)N(C(=O)c1cccc2ccccc12)C(C)C)c1ccccc1. The van der Waals surface area contributed by atoms with E-state index in [-0.39, 0.29) is 18.0 Å². The fraction of sp³-hybridized carbons (Fsp3) is 0.269. The van der Waals surface area contributed by atoms with Gasteiger partial charge in [-0.25, -0.2) is 0 Å². The lowest BCUT2D eigenvalue weighted by atomic mass is 9.98. The highest BCUT2D eigenvalue weighted by Crippen LogP contribution is 2.25. The van der Waals surface area contributed by atoms with Crippen LogP contribution in [0.15, 0.2) is 79.4 Å². The van der Waals surface area contributed by atoms with Crippen LogP contribution in [-0.4, -0.2) is 22.9 Å². The lowest BCUT2D eigenvalue weighted by molar-refractivity contribution is 0.0620. The van der Waals surface area contributed by atoms with Gasteiger partial charge < -0.3 is 4.90 Å². The molecule has 28 heavy (non-hydrogen) atoms. The summed E-state index contributed by atoms with van der Waals surface area (Å²) >= 11 is 0. The molecule has 0 saturated carbocycles. The molecule has 0 N–H and O–H groups in total. The van der Waals surface area contributed by atoms with E-state index >= 15 is 0 Å². The van der Waals surface area contributed by atoms with Crippen molar-refractivity contribution in [2.24, 2.45) is 0 Å². The second-order valence-corrected chi connectivity index (χ2v) is 7.69. The molecule has 1 atom stereocenters. The third-order valence-electron chi connectivity index (χ3n) is 5.33. The fourth-order valence-corrected chi connectivity index (χ4v) is 3.84. The van der Waals surface area contributed by atoms with E-state index in [0.29, 0.717) is 0 Å². The van der Waals surface area contributed by atoms with Crippen LogP contribution in [0.5, 0.6) is 0 Å². The Labute approximate surface area is 168 Å². The maximum absolute atomic E-state index is 13.5. The number of amides is 1. The van der Waals surface area contributed by atoms with Crippen LogP contribution in [0.3, 0.4) is 0 Å². The largest absolute Gasteiger partial charge is 0.333 e. The summed E-state index contributed by atoms with van der Waals surface area (Å²) in [6, 6.07) is 24.6. The summed E-state index contributed by atoms with van der Waals surface area (Å²) in [6.45, 7) is 10.6. The molecule has 1 amide bonds. The number of fused-ring (bicyclic) bond motifs is 1. The molecular weight excluding hydrogens is 342 g/mol. The minimum Gasteiger partial charge on any atom is -0.333 e. The molecule has 0 aromatic heterocycles. The summed E-state index contributed by atoms with van der Waals surface area (Å²) in [5.74, 6) is 0.102. The normalized spacial score (nSPS) is 12.1. The van der Waals surface area contributed by atoms with Gasteiger partial charge in [0.05, 0.1) is 0 Å². The third-order valence-corrected chi connectivity index (χ3v) is 5.33. The topological polar surface area (TPSA) is 20.3 Å². The van der Waals surface area contributed by atoms with E-state index in [0.717, 1.165) is 34.8 Å². The van der Waals surface area contributed by atoms with E-state index in [1.807, 2.05) is 53.4 Å². The van der Waals surface area contributed by atoms with Crippen molar-refractivity contribution < 1.29 is 4.79 Å². The molecule has 0 aliphatic carbocycles. The highest BCUT2D eigenvalue weighted by atomic mass is 16.2. The summed E-state index contributed by atoms with van der Waals surface area (Å²) in [6.07, 6.45) is 1.76. The maximum Gasteiger partial charge on any atom is 0.254 e. The number of allylic oxidation sites excluding steroid dienone is 1. The van der Waals surface area contributed by atoms with E-state index in [1.165, 1.54) is 5.56 Å². The molecule has 0 saturated heterocycles. The van der Waals surface area contributed by atoms with Gasteiger partial charge in [0, 0.05) is 17.6 Å². The Kier molecular flexibility index (Phi) is 6.30. The van der Waals surface area contributed by atoms with Gasteiger partial charge >= 0.3 is 0 Å². The van der Waals surface area contributed by atoms with Crippen LogP contribution in [0, 0.1) is 0 Å². The van der Waals surface area contributed by atoms with Crippen LogP contribution in [0.1, 0.15) is 49.5 Å². The molecule has 2 heteroatoms. The fourth-order valence-electron chi connectivity index (χ4n) is 3.84. The monoisotopic (exact) mass is 371 g/mol. The first-order valence-corrected chi connectivity index (χ1v) is 10.0. The van der Waals surface area contributed by atoms with Gasteiger partial charge in [0.15, 0.2) is 0 Å². The van der Waals surface area contributed by atoms with Crippen LogP contribution < -0.4 is 0 Å². The van der Waals surface area contributed by atoms with Gasteiger partial charge in [-0.3, -0.25) is 4.79 Å². The van der Waals surface area contributed by atoms with Crippen LogP contribution in [-0.2, 0) is 0 Å². The molecule has 0 bridgehead atoms. The predicted octanol–water partition coefficient (Wildman–Crippen LogP) is 6.57. The lowest BCUT2D eigenvalue weighted by Crippen LogP contribution is -2.43. The van der Waals surface area contributed by atoms with E-state index in [2.05, 4.69) is 51.6 Å². The molecule has 0 aliphatic heterocycles. The quantitative estimate of drug-likeness (QED) is 0.460. The molecular formula is C26H29NO. The zero-order chi connectivity index (χ0) is 20.1. The number of nitrogens with zero attached hydrogens (tertiary/aromatic N) is 1. The van der Waals surface area contributed by atoms with Gasteiger partial charge in [-0.2, -0.15) is 0 Å². The highest BCUT2D eigenvalue weighted by molar-refractivity contribution is 6.07. The van der Waals surface area contributed by atoms with E-state index < -0.39 is 0 Å². The smallest absolute Gasteiger partial charge is 0.254 e. The summed E-state index contributed by atoms with van der Waals surface area (Å²) in [5, 5.41) is 2.11. The van der Waals surface area contributed by atoms with Crippen molar-refractivity contribution in [1.29, 1.82) is 0 Å². The zero-order valence-electron chi connectivity index (χ0n) is 17.1. The summed E-state index contributed by atoms with van der Waals surface area (Å²) in [7, 11) is 0. The average Bonchev–Trinajstić information content (AvgIpc) is 2.72. The van der Waals surface area contributed by atoms with Crippen LogP contribution in [0.2, 0.25) is 0 Å². The van der Waals surface area contributed by atoms with Gasteiger partial charge in [0.2, 0.25) is 0 Å². The molecule has 144 valence electrons. The van der Waals surface area contributed by atoms with E-state index in [9.17, 15) is 4.79 Å². The Morgan fingerprint density at radius 2 is 1.54 bits per heavy atom. The Hall–Kier alpha value is -2.87. The maximum atomic E-state index is 13.5. The van der Waals surface area contributed by atoms with E-state index in [4.69, 9.17) is 0 Å². The second-order valence-electron chi connectivity index (χ2n) is 7.69. The number of carbonyl (C=O) groups excluding carboxylic acids is 1. The molecule has 0 spiro atoms. The molecule has 3 aromatic carbocycles. The molecule has 1 unspecified atom stereocenters. The number of hydrogen-bond acceptors (Lipinski definition) is 1. The van der Waals surface area contributed by atoms with Crippen molar-refractivity contribution in [2.45, 2.75) is 45.7 Å². The van der Waals surface area contributed by atoms with Crippen molar-refractivity contribution in [2.75, 3.05) is 0 Å². The molecule has 3 aromatic rings. The van der Waals surface area contributed by atoms with Crippen LogP contribution >= 0.6 is 0 Å². The number of carbonyl (C=O) groups is 1. The summed E-state index contributed by atoms with van der Waals surface area (Å²) < 4.78 is 0. The van der Waals surface area contributed by atoms with Crippen molar-refractivity contribution in [3.05, 3.63) is 90.5 Å². The Morgan fingerprint density at radius 3 is 2.25 bits per heavy atom. The van der Waals surface area contributed by atoms with Gasteiger partial charge in [0.25, 0.3) is 5.91 Å². The second kappa shape index (κ2) is 8.88. The minimum atomic E-state index is 0.102. The molecule has 0 heterocycles. The molecule has 3 rings (SSSR count). The Morgan fingerprint density at radius 1 is 0.893 bits per heavy atom. The average molecular weight is 372 g/mol. The number of benzene rings is 3. The molecule has 2 nitrogen and oxygen atoms in total. The number of hydrogen-bond donors (Lipinski definition) is 0. The molecule has 0 radical (unpaired) electrons. The first-order valence-electron chi connectivity index (χ1n) is 10.0. The van der Waals surface area contributed by atoms with Gasteiger partial charge in [-0.1, -0.05) is 73.3 Å². The van der Waals surface area contributed by atoms with E-state index in [1.54, 1.807) is 0 Å². The van der Waals surface area contributed by atoms with Crippen LogP contribution in [0.4, 0.5) is 0 Å². The summed E-state index contributed by atoms with van der Waals surface area (Å²) in [5.41, 5.74) is 3.07. The standard InChI is InChI=1S/C26H29NO/c1-19(2)27(21(4)18-17-20(3)22-11-6-5-7-12-22)26(28)25-16-10-14-23-13-8-9-15-24(23)25/h5-16,19,21H,3,17-18H2,1-2,4H3. The minimum absolute atomic E-state index is 0.102. The van der Waals surface area contributed by atoms with Crippen molar-refractivity contribution in [1.82, 2.24) is 4.90 Å². The Bertz CT molecular complexity index is 953. The first kappa shape index (κ1) is 19.9. The van der Waals surface area contributed by atoms with Crippen LogP contribution in [0.25, 0.3) is 16.3 Å². The summed E-state index contributed by atoms with van der Waals surface area (Å²) in [4.78, 5) is 15.5. The van der Waals surface area contributed by atoms with Crippen molar-refractivity contribution >= 4 is 22.3 Å². The predicted molar refractivity (Wildman–Crippen MR) is 119 cm³/mol. The van der Waals surface area contributed by atoms with Crippen molar-refractivity contribution in [3.63, 3.8) is 0 Å². The lowest BCUT2D eigenvalue weighted by Gasteiger charge is -2.33. The van der Waals surface area contributed by atoms with Gasteiger partial charge in [-0.05, 0) is 61.6 Å². The Balaban J connectivity index is 1.78. The first-order chi connectivity index (χ1) is 13.5. The third kappa shape index (κ3) is 4.33. The molecule has 0 aliphatic rings. The highest BCUT2D eigenvalue weighted by Gasteiger charge is 2.25. The van der Waals surface area contributed by atoms with Crippen molar-refractivity contribution in [3.8, 4) is 0 Å². The van der Waals surface area contributed by atoms with Gasteiger partial charge in [-0.15, -0.1) is 0 Å².